The van der Waals surface area contributed by atoms with Crippen molar-refractivity contribution in [1.29, 1.82) is 0 Å². The fraction of sp³-hybridized carbons (Fsp3) is 0.235. The van der Waals surface area contributed by atoms with E-state index in [9.17, 15) is 13.6 Å². The molecule has 2 atom stereocenters. The number of anilines is 1. The van der Waals surface area contributed by atoms with Gasteiger partial charge in [0.25, 0.3) is 11.3 Å². The van der Waals surface area contributed by atoms with Crippen molar-refractivity contribution in [3.05, 3.63) is 58.5 Å². The van der Waals surface area contributed by atoms with E-state index in [1.54, 1.807) is 34.5 Å². The first kappa shape index (κ1) is 20.0. The van der Waals surface area contributed by atoms with Crippen molar-refractivity contribution in [2.24, 2.45) is 0 Å². The average molecular weight is 422 g/mol. The highest BCUT2D eigenvalue weighted by atomic mass is 32.2. The molecule has 3 rings (SSSR count). The van der Waals surface area contributed by atoms with Crippen molar-refractivity contribution in [3.63, 3.8) is 0 Å². The molecule has 0 fully saturated rings. The Kier molecular flexibility index (Phi) is 6.74. The van der Waals surface area contributed by atoms with Gasteiger partial charge in [-0.2, -0.15) is 16.8 Å². The molecule has 0 aliphatic rings. The molecule has 28 heavy (non-hydrogen) atoms. The predicted molar refractivity (Wildman–Crippen MR) is 106 cm³/mol. The van der Waals surface area contributed by atoms with Crippen molar-refractivity contribution < 1.29 is 18.4 Å². The Morgan fingerprint density at radius 1 is 1.39 bits per heavy atom. The zero-order valence-electron chi connectivity index (χ0n) is 15.0. The predicted octanol–water partition coefficient (Wildman–Crippen LogP) is 2.33. The summed E-state index contributed by atoms with van der Waals surface area (Å²) >= 11 is -0.693. The standard InChI is InChI=1S/C17H19N5O4S2/c1-13(8-14-2-4-17(5-3-14)26-18-12-23)21-9-15(19-20-21)10-22(28(24)25)16-6-7-27-11-16/h2-7,9,11-13H,8,10H2,1H3,(H,18,23)(H,24,25)/t13-/m0/s1. The van der Waals surface area contributed by atoms with E-state index in [4.69, 9.17) is 4.84 Å². The third-order valence-electron chi connectivity index (χ3n) is 3.98. The number of amides is 1. The van der Waals surface area contributed by atoms with Crippen LogP contribution in [-0.4, -0.2) is 30.2 Å². The quantitative estimate of drug-likeness (QED) is 0.295. The molecule has 1 amide bonds. The molecule has 11 heteroatoms. The van der Waals surface area contributed by atoms with Crippen molar-refractivity contribution in [3.8, 4) is 5.75 Å². The lowest BCUT2D eigenvalue weighted by atomic mass is 10.1. The Hall–Kier alpha value is -2.76. The van der Waals surface area contributed by atoms with Crippen LogP contribution in [0.1, 0.15) is 24.2 Å². The molecule has 0 spiro atoms. The average Bonchev–Trinajstić information content (AvgIpc) is 3.37. The number of carbonyl (C=O) groups is 1. The fourth-order valence-corrected chi connectivity index (χ4v) is 3.85. The number of rotatable bonds is 10. The van der Waals surface area contributed by atoms with E-state index in [0.717, 1.165) is 5.56 Å². The molecule has 3 aromatic rings. The molecule has 1 unspecified atom stereocenters. The number of hydrogen-bond donors (Lipinski definition) is 2. The Bertz CT molecular complexity index is 914. The maximum absolute atomic E-state index is 11.6. The number of carbonyl (C=O) groups excluding carboxylic acids is 1. The topological polar surface area (TPSA) is 110 Å². The summed E-state index contributed by atoms with van der Waals surface area (Å²) in [5, 5.41) is 11.9. The minimum absolute atomic E-state index is 0.0374. The second-order valence-corrected chi connectivity index (χ2v) is 7.66. The van der Waals surface area contributed by atoms with Crippen LogP contribution in [0.15, 0.2) is 47.3 Å². The monoisotopic (exact) mass is 421 g/mol. The van der Waals surface area contributed by atoms with E-state index in [1.807, 2.05) is 24.4 Å². The summed E-state index contributed by atoms with van der Waals surface area (Å²) in [6.07, 6.45) is 2.96. The van der Waals surface area contributed by atoms with Gasteiger partial charge in [-0.25, -0.2) is 8.89 Å². The highest BCUT2D eigenvalue weighted by Crippen LogP contribution is 2.22. The lowest BCUT2D eigenvalue weighted by Crippen LogP contribution is -2.24. The van der Waals surface area contributed by atoms with Gasteiger partial charge < -0.3 is 4.84 Å². The van der Waals surface area contributed by atoms with Gasteiger partial charge in [-0.05, 0) is 42.5 Å². The summed E-state index contributed by atoms with van der Waals surface area (Å²) in [7, 11) is 0. The number of aromatic nitrogens is 3. The molecular weight excluding hydrogens is 402 g/mol. The number of hydroxylamine groups is 1. The largest absolute Gasteiger partial charge is 0.380 e. The van der Waals surface area contributed by atoms with Crippen molar-refractivity contribution in [1.82, 2.24) is 20.5 Å². The van der Waals surface area contributed by atoms with Gasteiger partial charge in [0.15, 0.2) is 5.75 Å². The summed E-state index contributed by atoms with van der Waals surface area (Å²) in [5.74, 6) is 0.539. The second kappa shape index (κ2) is 9.44. The molecule has 0 saturated carbocycles. The van der Waals surface area contributed by atoms with Gasteiger partial charge in [0.05, 0.1) is 24.5 Å². The number of hydrogen-bond acceptors (Lipinski definition) is 6. The fourth-order valence-electron chi connectivity index (χ4n) is 2.60. The first-order chi connectivity index (χ1) is 13.6. The molecular formula is C17H19N5O4S2. The summed E-state index contributed by atoms with van der Waals surface area (Å²) in [6, 6.07) is 9.16. The van der Waals surface area contributed by atoms with Gasteiger partial charge in [-0.3, -0.25) is 13.7 Å². The third kappa shape index (κ3) is 5.15. The molecule has 2 aromatic heterocycles. The number of nitrogens with one attached hydrogen (secondary N) is 1. The lowest BCUT2D eigenvalue weighted by Gasteiger charge is -2.16. The minimum Gasteiger partial charge on any atom is -0.380 e. The zero-order valence-corrected chi connectivity index (χ0v) is 16.6. The number of nitrogens with zero attached hydrogens (tertiary/aromatic N) is 4. The summed E-state index contributed by atoms with van der Waals surface area (Å²) < 4.78 is 24.3. The van der Waals surface area contributed by atoms with Crippen LogP contribution in [0, 0.1) is 0 Å². The van der Waals surface area contributed by atoms with Crippen molar-refractivity contribution in [2.45, 2.75) is 25.9 Å². The van der Waals surface area contributed by atoms with Gasteiger partial charge in [0.1, 0.15) is 5.69 Å². The van der Waals surface area contributed by atoms with Crippen LogP contribution in [0.4, 0.5) is 5.69 Å². The van der Waals surface area contributed by atoms with E-state index in [2.05, 4.69) is 15.8 Å². The Morgan fingerprint density at radius 2 is 2.18 bits per heavy atom. The summed E-state index contributed by atoms with van der Waals surface area (Å²) in [4.78, 5) is 15.2. The Morgan fingerprint density at radius 3 is 2.82 bits per heavy atom. The normalized spacial score (nSPS) is 12.9. The van der Waals surface area contributed by atoms with Crippen LogP contribution in [0.2, 0.25) is 0 Å². The SMILES string of the molecule is C[C@@H](Cc1ccc(ONC=O)cc1)n1cc(CN(c2ccsc2)S(=O)O)nn1. The molecule has 1 aromatic carbocycles. The molecule has 2 heterocycles. The van der Waals surface area contributed by atoms with E-state index in [1.165, 1.54) is 15.6 Å². The molecule has 148 valence electrons. The highest BCUT2D eigenvalue weighted by Gasteiger charge is 2.17. The van der Waals surface area contributed by atoms with Crippen molar-refractivity contribution in [2.75, 3.05) is 4.31 Å². The summed E-state index contributed by atoms with van der Waals surface area (Å²) in [6.45, 7) is 2.19. The molecule has 2 N–H and O–H groups in total. The van der Waals surface area contributed by atoms with Crippen LogP contribution < -0.4 is 14.6 Å². The van der Waals surface area contributed by atoms with Crippen LogP contribution in [0.5, 0.6) is 5.75 Å². The van der Waals surface area contributed by atoms with Crippen LogP contribution >= 0.6 is 11.3 Å². The first-order valence-corrected chi connectivity index (χ1v) is 10.3. The molecule has 0 radical (unpaired) electrons. The first-order valence-electron chi connectivity index (χ1n) is 8.33. The molecule has 0 bridgehead atoms. The van der Waals surface area contributed by atoms with Gasteiger partial charge in [-0.1, -0.05) is 17.3 Å². The van der Waals surface area contributed by atoms with Gasteiger partial charge in [0.2, 0.25) is 6.41 Å². The smallest absolute Gasteiger partial charge is 0.262 e. The third-order valence-corrected chi connectivity index (χ3v) is 5.36. The Balaban J connectivity index is 1.62. The Labute approximate surface area is 168 Å². The zero-order chi connectivity index (χ0) is 19.9. The van der Waals surface area contributed by atoms with Gasteiger partial charge >= 0.3 is 0 Å². The van der Waals surface area contributed by atoms with Crippen molar-refractivity contribution >= 4 is 34.7 Å². The maximum atomic E-state index is 11.6. The molecule has 0 aliphatic heterocycles. The summed E-state index contributed by atoms with van der Waals surface area (Å²) in [5.41, 5.74) is 4.48. The van der Waals surface area contributed by atoms with Gasteiger partial charge in [-0.15, -0.1) is 5.10 Å². The van der Waals surface area contributed by atoms with E-state index < -0.39 is 11.3 Å². The number of benzene rings is 1. The van der Waals surface area contributed by atoms with E-state index in [0.29, 0.717) is 30.0 Å². The minimum atomic E-state index is -2.15. The van der Waals surface area contributed by atoms with E-state index >= 15 is 0 Å². The van der Waals surface area contributed by atoms with Crippen LogP contribution in [0.3, 0.4) is 0 Å². The van der Waals surface area contributed by atoms with Gasteiger partial charge in [0, 0.05) is 5.38 Å². The lowest BCUT2D eigenvalue weighted by molar-refractivity contribution is -0.115. The van der Waals surface area contributed by atoms with E-state index in [-0.39, 0.29) is 12.6 Å². The molecule has 0 aliphatic carbocycles. The molecule has 0 saturated heterocycles. The van der Waals surface area contributed by atoms with Crippen LogP contribution in [0.25, 0.3) is 0 Å². The maximum Gasteiger partial charge on any atom is 0.262 e. The molecule has 9 nitrogen and oxygen atoms in total. The second-order valence-electron chi connectivity index (χ2n) is 5.97. The highest BCUT2D eigenvalue weighted by molar-refractivity contribution is 7.80. The number of thiophene rings is 1. The van der Waals surface area contributed by atoms with Crippen LogP contribution in [-0.2, 0) is 29.0 Å².